The van der Waals surface area contributed by atoms with Crippen molar-refractivity contribution in [3.8, 4) is 10.6 Å². The van der Waals surface area contributed by atoms with E-state index in [9.17, 15) is 9.59 Å². The van der Waals surface area contributed by atoms with Crippen LogP contribution in [0.3, 0.4) is 0 Å². The van der Waals surface area contributed by atoms with Gasteiger partial charge in [-0.05, 0) is 43.0 Å². The zero-order chi connectivity index (χ0) is 22.0. The minimum Gasteiger partial charge on any atom is -0.449 e. The second-order valence-electron chi connectivity index (χ2n) is 6.84. The molecule has 1 aromatic carbocycles. The number of aryl methyl sites for hydroxylation is 1. The SMILES string of the molecule is Cc1noc2nc(-c3cccs3)cc(C(=O)OC(C)C(=O)NCc3ccccc3Cl)c12. The van der Waals surface area contributed by atoms with E-state index in [0.717, 1.165) is 10.4 Å². The van der Waals surface area contributed by atoms with Gasteiger partial charge in [0.15, 0.2) is 6.10 Å². The molecule has 4 aromatic rings. The Labute approximate surface area is 187 Å². The molecule has 0 aliphatic rings. The number of carbonyl (C=O) groups is 2. The zero-order valence-electron chi connectivity index (χ0n) is 16.7. The molecular formula is C22H18ClN3O4S. The van der Waals surface area contributed by atoms with Gasteiger partial charge < -0.3 is 14.6 Å². The van der Waals surface area contributed by atoms with Gasteiger partial charge in [0.2, 0.25) is 0 Å². The summed E-state index contributed by atoms with van der Waals surface area (Å²) >= 11 is 7.60. The molecule has 1 amide bonds. The van der Waals surface area contributed by atoms with Crippen molar-refractivity contribution in [2.24, 2.45) is 0 Å². The molecule has 0 radical (unpaired) electrons. The molecule has 0 aliphatic heterocycles. The number of fused-ring (bicyclic) bond motifs is 1. The number of esters is 1. The zero-order valence-corrected chi connectivity index (χ0v) is 18.3. The fourth-order valence-corrected chi connectivity index (χ4v) is 3.94. The number of aromatic nitrogens is 2. The number of nitrogens with one attached hydrogen (secondary N) is 1. The maximum atomic E-state index is 13.0. The Morgan fingerprint density at radius 1 is 1.26 bits per heavy atom. The molecule has 1 N–H and O–H groups in total. The van der Waals surface area contributed by atoms with E-state index >= 15 is 0 Å². The van der Waals surface area contributed by atoms with Gasteiger partial charge in [-0.25, -0.2) is 9.78 Å². The van der Waals surface area contributed by atoms with Crippen LogP contribution in [-0.4, -0.2) is 28.1 Å². The summed E-state index contributed by atoms with van der Waals surface area (Å²) in [5, 5.41) is 9.58. The van der Waals surface area contributed by atoms with Gasteiger partial charge in [0.05, 0.1) is 27.2 Å². The molecule has 7 nitrogen and oxygen atoms in total. The van der Waals surface area contributed by atoms with E-state index in [1.165, 1.54) is 18.3 Å². The van der Waals surface area contributed by atoms with Gasteiger partial charge in [-0.3, -0.25) is 4.79 Å². The fourth-order valence-electron chi connectivity index (χ4n) is 3.05. The lowest BCUT2D eigenvalue weighted by atomic mass is 10.1. The van der Waals surface area contributed by atoms with Gasteiger partial charge in [-0.2, -0.15) is 0 Å². The van der Waals surface area contributed by atoms with Crippen molar-refractivity contribution in [3.63, 3.8) is 0 Å². The summed E-state index contributed by atoms with van der Waals surface area (Å²) in [5.41, 5.74) is 2.35. The van der Waals surface area contributed by atoms with E-state index in [0.29, 0.717) is 21.8 Å². The fraction of sp³-hybridized carbons (Fsp3) is 0.182. The van der Waals surface area contributed by atoms with Crippen molar-refractivity contribution in [3.05, 3.63) is 69.7 Å². The van der Waals surface area contributed by atoms with Gasteiger partial charge in [0, 0.05) is 11.6 Å². The first-order chi connectivity index (χ1) is 14.9. The largest absolute Gasteiger partial charge is 0.449 e. The lowest BCUT2D eigenvalue weighted by Crippen LogP contribution is -2.35. The molecule has 0 spiro atoms. The molecule has 31 heavy (non-hydrogen) atoms. The molecule has 3 aromatic heterocycles. The topological polar surface area (TPSA) is 94.3 Å². The number of pyridine rings is 1. The third kappa shape index (κ3) is 4.45. The lowest BCUT2D eigenvalue weighted by Gasteiger charge is -2.14. The number of halogens is 1. The Bertz CT molecular complexity index is 1250. The van der Waals surface area contributed by atoms with Crippen molar-refractivity contribution >= 4 is 45.9 Å². The van der Waals surface area contributed by atoms with Gasteiger partial charge in [0.25, 0.3) is 11.6 Å². The van der Waals surface area contributed by atoms with Crippen LogP contribution in [0.1, 0.15) is 28.5 Å². The van der Waals surface area contributed by atoms with Crippen molar-refractivity contribution in [1.29, 1.82) is 0 Å². The molecule has 1 unspecified atom stereocenters. The molecule has 0 aliphatic carbocycles. The molecule has 0 saturated heterocycles. The molecule has 0 fully saturated rings. The second kappa shape index (κ2) is 8.87. The number of hydrogen-bond donors (Lipinski definition) is 1. The second-order valence-corrected chi connectivity index (χ2v) is 8.19. The first-order valence-electron chi connectivity index (χ1n) is 9.47. The van der Waals surface area contributed by atoms with Crippen molar-refractivity contribution < 1.29 is 18.8 Å². The number of rotatable bonds is 6. The number of benzene rings is 1. The average Bonchev–Trinajstić information content (AvgIpc) is 3.42. The molecule has 0 bridgehead atoms. The summed E-state index contributed by atoms with van der Waals surface area (Å²) in [6, 6.07) is 12.6. The summed E-state index contributed by atoms with van der Waals surface area (Å²) in [7, 11) is 0. The van der Waals surface area contributed by atoms with E-state index in [1.807, 2.05) is 35.7 Å². The monoisotopic (exact) mass is 455 g/mol. The van der Waals surface area contributed by atoms with Crippen LogP contribution >= 0.6 is 22.9 Å². The van der Waals surface area contributed by atoms with E-state index in [2.05, 4.69) is 15.5 Å². The van der Waals surface area contributed by atoms with Crippen LogP contribution in [0.25, 0.3) is 21.7 Å². The molecule has 0 saturated carbocycles. The van der Waals surface area contributed by atoms with Crippen LogP contribution in [0.5, 0.6) is 0 Å². The minimum atomic E-state index is -1.01. The summed E-state index contributed by atoms with van der Waals surface area (Å²) in [4.78, 5) is 30.7. The number of hydrogen-bond acceptors (Lipinski definition) is 7. The number of ether oxygens (including phenoxy) is 1. The van der Waals surface area contributed by atoms with E-state index in [1.54, 1.807) is 19.1 Å². The van der Waals surface area contributed by atoms with Crippen LogP contribution in [0.15, 0.2) is 52.4 Å². The Hall–Kier alpha value is -3.23. The highest BCUT2D eigenvalue weighted by Crippen LogP contribution is 2.30. The normalized spacial score (nSPS) is 12.0. The quantitative estimate of drug-likeness (QED) is 0.420. The van der Waals surface area contributed by atoms with Crippen LogP contribution in [-0.2, 0) is 16.1 Å². The van der Waals surface area contributed by atoms with Gasteiger partial charge in [-0.1, -0.05) is 41.0 Å². The number of nitrogens with zero attached hydrogens (tertiary/aromatic N) is 2. The van der Waals surface area contributed by atoms with Crippen molar-refractivity contribution in [2.75, 3.05) is 0 Å². The Balaban J connectivity index is 1.53. The third-order valence-electron chi connectivity index (χ3n) is 4.67. The van der Waals surface area contributed by atoms with Crippen LogP contribution in [0.4, 0.5) is 0 Å². The molecule has 4 rings (SSSR count). The highest BCUT2D eigenvalue weighted by Gasteiger charge is 2.24. The molecular weight excluding hydrogens is 438 g/mol. The summed E-state index contributed by atoms with van der Waals surface area (Å²) in [6.07, 6.45) is -1.01. The highest BCUT2D eigenvalue weighted by atomic mass is 35.5. The average molecular weight is 456 g/mol. The Morgan fingerprint density at radius 2 is 2.06 bits per heavy atom. The molecule has 3 heterocycles. The smallest absolute Gasteiger partial charge is 0.339 e. The highest BCUT2D eigenvalue weighted by molar-refractivity contribution is 7.13. The number of amides is 1. The maximum absolute atomic E-state index is 13.0. The van der Waals surface area contributed by atoms with E-state index < -0.39 is 18.0 Å². The summed E-state index contributed by atoms with van der Waals surface area (Å²) in [5.74, 6) is -1.09. The van der Waals surface area contributed by atoms with E-state index in [4.69, 9.17) is 20.9 Å². The first kappa shape index (κ1) is 21.0. The minimum absolute atomic E-state index is 0.229. The molecule has 158 valence electrons. The van der Waals surface area contributed by atoms with Crippen LogP contribution < -0.4 is 5.32 Å². The lowest BCUT2D eigenvalue weighted by molar-refractivity contribution is -0.129. The summed E-state index contributed by atoms with van der Waals surface area (Å²) < 4.78 is 10.7. The number of carbonyl (C=O) groups excluding carboxylic acids is 2. The third-order valence-corrected chi connectivity index (χ3v) is 5.94. The van der Waals surface area contributed by atoms with Gasteiger partial charge in [-0.15, -0.1) is 11.3 Å². The summed E-state index contributed by atoms with van der Waals surface area (Å²) in [6.45, 7) is 3.46. The molecule has 1 atom stereocenters. The molecule has 9 heteroatoms. The Kier molecular flexibility index (Phi) is 6.01. The Morgan fingerprint density at radius 3 is 2.81 bits per heavy atom. The van der Waals surface area contributed by atoms with Crippen LogP contribution in [0, 0.1) is 6.92 Å². The van der Waals surface area contributed by atoms with Crippen LogP contribution in [0.2, 0.25) is 5.02 Å². The predicted molar refractivity (Wildman–Crippen MR) is 118 cm³/mol. The van der Waals surface area contributed by atoms with Gasteiger partial charge >= 0.3 is 5.97 Å². The van der Waals surface area contributed by atoms with E-state index in [-0.39, 0.29) is 17.8 Å². The number of thiophene rings is 1. The van der Waals surface area contributed by atoms with Crippen molar-refractivity contribution in [1.82, 2.24) is 15.5 Å². The maximum Gasteiger partial charge on any atom is 0.339 e. The predicted octanol–water partition coefficient (Wildman–Crippen LogP) is 4.77. The van der Waals surface area contributed by atoms with Crippen molar-refractivity contribution in [2.45, 2.75) is 26.5 Å². The standard InChI is InChI=1S/C22H18ClN3O4S/c1-12-19-15(10-17(18-8-5-9-31-18)25-21(19)30-26-12)22(28)29-13(2)20(27)24-11-14-6-3-4-7-16(14)23/h3-10,13H,11H2,1-2H3,(H,24,27). The first-order valence-corrected chi connectivity index (χ1v) is 10.7. The van der Waals surface area contributed by atoms with Gasteiger partial charge in [0.1, 0.15) is 0 Å².